The van der Waals surface area contributed by atoms with Crippen molar-refractivity contribution in [3.8, 4) is 0 Å². The maximum absolute atomic E-state index is 2.46. The van der Waals surface area contributed by atoms with E-state index in [1.165, 1.54) is 30.6 Å². The molecule has 0 spiro atoms. The predicted molar refractivity (Wildman–Crippen MR) is 116 cm³/mol. The van der Waals surface area contributed by atoms with E-state index in [1.807, 2.05) is 0 Å². The molecule has 1 heteroatoms. The average molecular weight is 449 g/mol. The Bertz CT molecular complexity index is 649. The molecule has 0 radical (unpaired) electrons. The van der Waals surface area contributed by atoms with Crippen LogP contribution in [0.25, 0.3) is 0 Å². The van der Waals surface area contributed by atoms with Crippen LogP contribution in [0.1, 0.15) is 36.5 Å². The van der Waals surface area contributed by atoms with Gasteiger partial charge >= 0.3 is 164 Å². The summed E-state index contributed by atoms with van der Waals surface area (Å²) in [5.41, 5.74) is 4.64. The van der Waals surface area contributed by atoms with Crippen molar-refractivity contribution < 1.29 is 0 Å². The summed E-state index contributed by atoms with van der Waals surface area (Å²) in [6.07, 6.45) is 2.68. The molecule has 0 aliphatic carbocycles. The van der Waals surface area contributed by atoms with Crippen LogP contribution < -0.4 is 0 Å². The van der Waals surface area contributed by atoms with E-state index >= 15 is 0 Å². The van der Waals surface area contributed by atoms with E-state index in [1.54, 1.807) is 16.7 Å². The van der Waals surface area contributed by atoms with Crippen LogP contribution in [-0.4, -0.2) is 18.4 Å². The van der Waals surface area contributed by atoms with Crippen molar-refractivity contribution in [2.75, 3.05) is 0 Å². The summed E-state index contributed by atoms with van der Waals surface area (Å²) in [4.78, 5) is 0. The molecule has 0 amide bonds. The van der Waals surface area contributed by atoms with Crippen molar-refractivity contribution in [3.05, 3.63) is 108 Å². The molecular weight excluding hydrogens is 419 g/mol. The first kappa shape index (κ1) is 19.2. The molecule has 0 fully saturated rings. The van der Waals surface area contributed by atoms with Crippen LogP contribution in [0.5, 0.6) is 0 Å². The monoisotopic (exact) mass is 450 g/mol. The number of hydrogen-bond acceptors (Lipinski definition) is 0. The van der Waals surface area contributed by atoms with Crippen LogP contribution >= 0.6 is 0 Å². The SMILES string of the molecule is CCC[CH2][Sn]([CH2]c1ccccc1)([CH2]c1ccccc1)[CH2]c1ccccc1. The summed E-state index contributed by atoms with van der Waals surface area (Å²) in [6.45, 7) is 2.34. The Labute approximate surface area is 163 Å². The molecule has 0 atom stereocenters. The molecule has 3 aromatic carbocycles. The summed E-state index contributed by atoms with van der Waals surface area (Å²) in [5.74, 6) is 0. The normalized spacial score (nSPS) is 11.4. The van der Waals surface area contributed by atoms with Gasteiger partial charge in [-0.2, -0.15) is 0 Å². The van der Waals surface area contributed by atoms with Gasteiger partial charge in [0.2, 0.25) is 0 Å². The average Bonchev–Trinajstić information content (AvgIpc) is 2.69. The van der Waals surface area contributed by atoms with Crippen LogP contribution in [0.4, 0.5) is 0 Å². The zero-order chi connectivity index (χ0) is 18.1. The molecule has 3 rings (SSSR count). The van der Waals surface area contributed by atoms with E-state index < -0.39 is 18.4 Å². The van der Waals surface area contributed by atoms with E-state index in [0.717, 1.165) is 0 Å². The van der Waals surface area contributed by atoms with Gasteiger partial charge in [0, 0.05) is 0 Å². The quantitative estimate of drug-likeness (QED) is 0.324. The van der Waals surface area contributed by atoms with Crippen molar-refractivity contribution >= 4 is 18.4 Å². The van der Waals surface area contributed by atoms with Gasteiger partial charge in [-0.1, -0.05) is 0 Å². The zero-order valence-electron chi connectivity index (χ0n) is 15.9. The molecule has 134 valence electrons. The third kappa shape index (κ3) is 5.74. The molecule has 0 saturated carbocycles. The van der Waals surface area contributed by atoms with Crippen molar-refractivity contribution in [2.45, 2.75) is 37.5 Å². The summed E-state index contributed by atoms with van der Waals surface area (Å²) in [7, 11) is 0. The topological polar surface area (TPSA) is 0 Å². The van der Waals surface area contributed by atoms with Crippen molar-refractivity contribution in [1.82, 2.24) is 0 Å². The van der Waals surface area contributed by atoms with E-state index in [2.05, 4.69) is 97.9 Å². The Morgan fingerprint density at radius 3 is 1.19 bits per heavy atom. The van der Waals surface area contributed by atoms with E-state index in [-0.39, 0.29) is 0 Å². The molecule has 3 aromatic rings. The van der Waals surface area contributed by atoms with Crippen LogP contribution in [0, 0.1) is 0 Å². The minimum atomic E-state index is -2.46. The summed E-state index contributed by atoms with van der Waals surface area (Å²) in [6, 6.07) is 33.7. The van der Waals surface area contributed by atoms with Gasteiger partial charge in [0.25, 0.3) is 0 Å². The summed E-state index contributed by atoms with van der Waals surface area (Å²) < 4.78 is 5.52. The van der Waals surface area contributed by atoms with Crippen LogP contribution in [0.15, 0.2) is 91.0 Å². The Balaban J connectivity index is 1.94. The number of benzene rings is 3. The van der Waals surface area contributed by atoms with E-state index in [9.17, 15) is 0 Å². The molecular formula is C25H30Sn. The summed E-state index contributed by atoms with van der Waals surface area (Å²) >= 11 is -2.46. The van der Waals surface area contributed by atoms with Crippen molar-refractivity contribution in [2.24, 2.45) is 0 Å². The third-order valence-corrected chi connectivity index (χ3v) is 19.3. The maximum atomic E-state index is 2.34. The molecule has 0 unspecified atom stereocenters. The van der Waals surface area contributed by atoms with Gasteiger partial charge in [-0.05, 0) is 0 Å². The van der Waals surface area contributed by atoms with Gasteiger partial charge in [0.1, 0.15) is 0 Å². The molecule has 26 heavy (non-hydrogen) atoms. The second kappa shape index (κ2) is 9.96. The van der Waals surface area contributed by atoms with Gasteiger partial charge in [-0.3, -0.25) is 0 Å². The predicted octanol–water partition coefficient (Wildman–Crippen LogP) is 6.58. The molecule has 0 N–H and O–H groups in total. The van der Waals surface area contributed by atoms with Crippen LogP contribution in [0.2, 0.25) is 4.44 Å². The molecule has 0 aromatic heterocycles. The van der Waals surface area contributed by atoms with Gasteiger partial charge < -0.3 is 0 Å². The Hall–Kier alpha value is -1.54. The first-order valence-corrected chi connectivity index (χ1v) is 18.0. The second-order valence-corrected chi connectivity index (χ2v) is 20.6. The van der Waals surface area contributed by atoms with E-state index in [0.29, 0.717) is 0 Å². The van der Waals surface area contributed by atoms with Crippen LogP contribution in [0.3, 0.4) is 0 Å². The van der Waals surface area contributed by atoms with Gasteiger partial charge in [0.15, 0.2) is 0 Å². The number of unbranched alkanes of at least 4 members (excludes halogenated alkanes) is 1. The van der Waals surface area contributed by atoms with E-state index in [4.69, 9.17) is 0 Å². The number of rotatable bonds is 9. The first-order valence-electron chi connectivity index (χ1n) is 9.91. The molecule has 0 bridgehead atoms. The van der Waals surface area contributed by atoms with Crippen molar-refractivity contribution in [1.29, 1.82) is 0 Å². The molecule has 0 nitrogen and oxygen atoms in total. The standard InChI is InChI=1S/3C7H7.C4H9.Sn/c3*1-7-5-3-2-4-6-7;1-3-4-2;/h3*2-6H,1H2;1,3-4H2,2H3;. The zero-order valence-corrected chi connectivity index (χ0v) is 18.8. The minimum absolute atomic E-state index is 1.30. The van der Waals surface area contributed by atoms with Gasteiger partial charge in [-0.25, -0.2) is 0 Å². The van der Waals surface area contributed by atoms with Gasteiger partial charge in [0.05, 0.1) is 0 Å². The fraction of sp³-hybridized carbons (Fsp3) is 0.280. The summed E-state index contributed by atoms with van der Waals surface area (Å²) in [5, 5.41) is 0. The fourth-order valence-electron chi connectivity index (χ4n) is 4.09. The number of hydrogen-bond donors (Lipinski definition) is 0. The Morgan fingerprint density at radius 2 is 0.885 bits per heavy atom. The van der Waals surface area contributed by atoms with Gasteiger partial charge in [-0.15, -0.1) is 0 Å². The Kier molecular flexibility index (Phi) is 7.37. The second-order valence-electron chi connectivity index (χ2n) is 7.59. The Morgan fingerprint density at radius 1 is 0.538 bits per heavy atom. The molecule has 0 heterocycles. The van der Waals surface area contributed by atoms with Crippen molar-refractivity contribution in [3.63, 3.8) is 0 Å². The third-order valence-electron chi connectivity index (χ3n) is 5.33. The van der Waals surface area contributed by atoms with Crippen LogP contribution in [-0.2, 0) is 13.3 Å². The molecule has 0 aliphatic rings. The molecule has 0 aliphatic heterocycles. The first-order chi connectivity index (χ1) is 12.8. The molecule has 0 saturated heterocycles. The fourth-order valence-corrected chi connectivity index (χ4v) is 19.3.